The Labute approximate surface area is 175 Å². The van der Waals surface area contributed by atoms with Crippen LogP contribution in [0.1, 0.15) is 11.4 Å². The van der Waals surface area contributed by atoms with E-state index < -0.39 is 0 Å². The summed E-state index contributed by atoms with van der Waals surface area (Å²) >= 11 is 0. The van der Waals surface area contributed by atoms with Crippen molar-refractivity contribution in [3.05, 3.63) is 84.2 Å². The van der Waals surface area contributed by atoms with Crippen molar-refractivity contribution in [3.8, 4) is 11.5 Å². The molecule has 6 nitrogen and oxygen atoms in total. The van der Waals surface area contributed by atoms with Gasteiger partial charge in [0, 0.05) is 18.2 Å². The summed E-state index contributed by atoms with van der Waals surface area (Å²) in [6, 6.07) is 23.1. The van der Waals surface area contributed by atoms with Crippen LogP contribution in [0.2, 0.25) is 0 Å². The molecule has 1 N–H and O–H groups in total. The first kappa shape index (κ1) is 19.5. The van der Waals surface area contributed by atoms with Crippen molar-refractivity contribution in [1.82, 2.24) is 9.55 Å². The number of fused-ring (bicyclic) bond motifs is 1. The van der Waals surface area contributed by atoms with Gasteiger partial charge >= 0.3 is 0 Å². The van der Waals surface area contributed by atoms with Gasteiger partial charge in [0.05, 0.1) is 25.3 Å². The van der Waals surface area contributed by atoms with E-state index in [1.54, 1.807) is 20.3 Å². The second-order valence-corrected chi connectivity index (χ2v) is 6.91. The average molecular weight is 401 g/mol. The summed E-state index contributed by atoms with van der Waals surface area (Å²) in [5.74, 6) is 2.22. The lowest BCUT2D eigenvalue weighted by Crippen LogP contribution is -2.20. The predicted octanol–water partition coefficient (Wildman–Crippen LogP) is 4.28. The zero-order valence-corrected chi connectivity index (χ0v) is 17.0. The van der Waals surface area contributed by atoms with Crippen molar-refractivity contribution in [2.24, 2.45) is 0 Å². The predicted molar refractivity (Wildman–Crippen MR) is 117 cm³/mol. The molecule has 0 saturated carbocycles. The van der Waals surface area contributed by atoms with Crippen LogP contribution in [0.25, 0.3) is 11.0 Å². The van der Waals surface area contributed by atoms with Crippen LogP contribution >= 0.6 is 0 Å². The summed E-state index contributed by atoms with van der Waals surface area (Å²) in [5.41, 5.74) is 3.60. The number of aromatic nitrogens is 2. The van der Waals surface area contributed by atoms with Gasteiger partial charge in [-0.2, -0.15) is 0 Å². The van der Waals surface area contributed by atoms with Crippen molar-refractivity contribution < 1.29 is 14.3 Å². The van der Waals surface area contributed by atoms with E-state index in [9.17, 15) is 4.79 Å². The number of imidazole rings is 1. The molecule has 0 atom stereocenters. The molecule has 0 fully saturated rings. The van der Waals surface area contributed by atoms with Crippen LogP contribution < -0.4 is 14.8 Å². The maximum Gasteiger partial charge on any atom is 0.244 e. The van der Waals surface area contributed by atoms with E-state index in [-0.39, 0.29) is 12.5 Å². The van der Waals surface area contributed by atoms with Crippen LogP contribution in [0.3, 0.4) is 0 Å². The Bertz CT molecular complexity index is 1170. The van der Waals surface area contributed by atoms with Gasteiger partial charge in [0.15, 0.2) is 0 Å². The van der Waals surface area contributed by atoms with Gasteiger partial charge in [-0.25, -0.2) is 4.98 Å². The average Bonchev–Trinajstić information content (AvgIpc) is 3.11. The molecule has 6 heteroatoms. The van der Waals surface area contributed by atoms with E-state index >= 15 is 0 Å². The molecule has 152 valence electrons. The number of nitrogens with zero attached hydrogens (tertiary/aromatic N) is 2. The highest BCUT2D eigenvalue weighted by atomic mass is 16.5. The molecule has 0 saturated heterocycles. The zero-order chi connectivity index (χ0) is 20.9. The molecule has 0 aliphatic heterocycles. The molecule has 4 aromatic rings. The lowest BCUT2D eigenvalue weighted by atomic mass is 10.1. The van der Waals surface area contributed by atoms with Gasteiger partial charge in [-0.15, -0.1) is 0 Å². The third-order valence-electron chi connectivity index (χ3n) is 4.91. The van der Waals surface area contributed by atoms with Crippen molar-refractivity contribution in [1.29, 1.82) is 0 Å². The molecular weight excluding hydrogens is 378 g/mol. The highest BCUT2D eigenvalue weighted by Gasteiger charge is 2.14. The lowest BCUT2D eigenvalue weighted by Gasteiger charge is -2.11. The minimum absolute atomic E-state index is 0.123. The maximum absolute atomic E-state index is 12.8. The van der Waals surface area contributed by atoms with E-state index in [2.05, 4.69) is 5.32 Å². The minimum atomic E-state index is -0.123. The van der Waals surface area contributed by atoms with E-state index in [4.69, 9.17) is 14.5 Å². The number of hydrogen-bond acceptors (Lipinski definition) is 4. The van der Waals surface area contributed by atoms with Crippen molar-refractivity contribution in [2.45, 2.75) is 13.0 Å². The number of amides is 1. The number of carbonyl (C=O) groups excluding carboxylic acids is 1. The fourth-order valence-electron chi connectivity index (χ4n) is 3.41. The fourth-order valence-corrected chi connectivity index (χ4v) is 3.41. The minimum Gasteiger partial charge on any atom is -0.497 e. The summed E-state index contributed by atoms with van der Waals surface area (Å²) < 4.78 is 12.4. The van der Waals surface area contributed by atoms with E-state index in [1.807, 2.05) is 71.3 Å². The topological polar surface area (TPSA) is 65.4 Å². The quantitative estimate of drug-likeness (QED) is 0.502. The standard InChI is InChI=1S/C24H23N3O3/c1-29-19-12-10-17(11-13-19)14-23-26-21-8-3-4-9-22(21)27(23)16-24(28)25-18-6-5-7-20(15-18)30-2/h3-13,15H,14,16H2,1-2H3,(H,25,28). The molecule has 0 aliphatic carbocycles. The molecular formula is C24H23N3O3. The number of ether oxygens (including phenoxy) is 2. The first-order chi connectivity index (χ1) is 14.7. The Hall–Kier alpha value is -3.80. The third kappa shape index (κ3) is 4.27. The number of anilines is 1. The number of hydrogen-bond donors (Lipinski definition) is 1. The summed E-state index contributed by atoms with van der Waals surface area (Å²) in [6.45, 7) is 0.170. The van der Waals surface area contributed by atoms with Crippen molar-refractivity contribution in [3.63, 3.8) is 0 Å². The van der Waals surface area contributed by atoms with Gasteiger partial charge in [-0.3, -0.25) is 4.79 Å². The highest BCUT2D eigenvalue weighted by Crippen LogP contribution is 2.21. The van der Waals surface area contributed by atoms with Crippen molar-refractivity contribution in [2.75, 3.05) is 19.5 Å². The highest BCUT2D eigenvalue weighted by molar-refractivity contribution is 5.92. The van der Waals surface area contributed by atoms with Gasteiger partial charge in [-0.1, -0.05) is 30.3 Å². The SMILES string of the molecule is COc1ccc(Cc2nc3ccccc3n2CC(=O)Nc2cccc(OC)c2)cc1. The number of rotatable bonds is 7. The smallest absolute Gasteiger partial charge is 0.244 e. The largest absolute Gasteiger partial charge is 0.497 e. The molecule has 1 amide bonds. The molecule has 0 radical (unpaired) electrons. The fraction of sp³-hybridized carbons (Fsp3) is 0.167. The normalized spacial score (nSPS) is 10.7. The second kappa shape index (κ2) is 8.69. The maximum atomic E-state index is 12.8. The van der Waals surface area contributed by atoms with Crippen LogP contribution in [-0.4, -0.2) is 29.7 Å². The number of benzene rings is 3. The van der Waals surface area contributed by atoms with E-state index in [1.165, 1.54) is 0 Å². The molecule has 0 bridgehead atoms. The van der Waals surface area contributed by atoms with Gasteiger partial charge in [0.1, 0.15) is 23.9 Å². The number of carbonyl (C=O) groups is 1. The van der Waals surface area contributed by atoms with Crippen LogP contribution in [0.15, 0.2) is 72.8 Å². The number of para-hydroxylation sites is 2. The van der Waals surface area contributed by atoms with Crippen molar-refractivity contribution >= 4 is 22.6 Å². The Morgan fingerprint density at radius 2 is 1.70 bits per heavy atom. The molecule has 1 aromatic heterocycles. The Morgan fingerprint density at radius 1 is 0.933 bits per heavy atom. The monoisotopic (exact) mass is 401 g/mol. The molecule has 0 spiro atoms. The summed E-state index contributed by atoms with van der Waals surface area (Å²) in [4.78, 5) is 17.6. The first-order valence-electron chi connectivity index (χ1n) is 9.67. The molecule has 4 rings (SSSR count). The van der Waals surface area contributed by atoms with E-state index in [0.717, 1.165) is 28.2 Å². The Morgan fingerprint density at radius 3 is 2.47 bits per heavy atom. The van der Waals surface area contributed by atoms with Crippen LogP contribution in [0.4, 0.5) is 5.69 Å². The summed E-state index contributed by atoms with van der Waals surface area (Å²) in [6.07, 6.45) is 0.616. The van der Waals surface area contributed by atoms with Gasteiger partial charge in [0.25, 0.3) is 0 Å². The zero-order valence-electron chi connectivity index (χ0n) is 17.0. The molecule has 0 unspecified atom stereocenters. The van der Waals surface area contributed by atoms with Gasteiger partial charge < -0.3 is 19.4 Å². The second-order valence-electron chi connectivity index (χ2n) is 6.91. The molecule has 3 aromatic carbocycles. The van der Waals surface area contributed by atoms with Gasteiger partial charge in [0.2, 0.25) is 5.91 Å². The number of nitrogens with one attached hydrogen (secondary N) is 1. The molecule has 1 heterocycles. The summed E-state index contributed by atoms with van der Waals surface area (Å²) in [7, 11) is 3.25. The molecule has 0 aliphatic rings. The Kier molecular flexibility index (Phi) is 5.66. The Balaban J connectivity index is 1.59. The van der Waals surface area contributed by atoms with Gasteiger partial charge in [-0.05, 0) is 42.0 Å². The number of methoxy groups -OCH3 is 2. The van der Waals surface area contributed by atoms with E-state index in [0.29, 0.717) is 17.9 Å². The van der Waals surface area contributed by atoms with Crippen LogP contribution in [0, 0.1) is 0 Å². The van der Waals surface area contributed by atoms with Crippen LogP contribution in [0.5, 0.6) is 11.5 Å². The summed E-state index contributed by atoms with van der Waals surface area (Å²) in [5, 5.41) is 2.94. The third-order valence-corrected chi connectivity index (χ3v) is 4.91. The van der Waals surface area contributed by atoms with Crippen LogP contribution in [-0.2, 0) is 17.8 Å². The molecule has 30 heavy (non-hydrogen) atoms. The first-order valence-corrected chi connectivity index (χ1v) is 9.67. The lowest BCUT2D eigenvalue weighted by molar-refractivity contribution is -0.116.